The van der Waals surface area contributed by atoms with Crippen LogP contribution in [0.15, 0.2) is 29.4 Å². The number of rotatable bonds is 2. The minimum atomic E-state index is -4.33. The van der Waals surface area contributed by atoms with Crippen LogP contribution in [-0.2, 0) is 11.9 Å². The van der Waals surface area contributed by atoms with Crippen molar-refractivity contribution >= 4 is 16.9 Å². The Morgan fingerprint density at radius 2 is 2.06 bits per heavy atom. The Bertz CT molecular complexity index is 390. The Labute approximate surface area is 94.7 Å². The van der Waals surface area contributed by atoms with Gasteiger partial charge >= 0.3 is 6.18 Å². The Kier molecular flexibility index (Phi) is 4.05. The van der Waals surface area contributed by atoms with Crippen LogP contribution in [0, 0.1) is 0 Å². The summed E-state index contributed by atoms with van der Waals surface area (Å²) >= 11 is 1.08. The fraction of sp³-hybridized carbons (Fsp3) is 0.222. The maximum atomic E-state index is 12.4. The van der Waals surface area contributed by atoms with Crippen molar-refractivity contribution in [3.63, 3.8) is 0 Å². The molecular weight excluding hydrogens is 239 g/mol. The lowest BCUT2D eigenvalue weighted by Crippen LogP contribution is -2.09. The first-order valence-corrected chi connectivity index (χ1v) is 5.24. The third-order valence-corrected chi connectivity index (χ3v) is 2.65. The zero-order valence-corrected chi connectivity index (χ0v) is 8.98. The van der Waals surface area contributed by atoms with Crippen LogP contribution in [-0.4, -0.2) is 5.17 Å². The first kappa shape index (κ1) is 12.7. The van der Waals surface area contributed by atoms with Crippen molar-refractivity contribution in [2.24, 2.45) is 16.7 Å². The van der Waals surface area contributed by atoms with E-state index in [1.54, 1.807) is 6.07 Å². The quantitative estimate of drug-likeness (QED) is 0.365. The Morgan fingerprint density at radius 3 is 2.62 bits per heavy atom. The highest BCUT2D eigenvalue weighted by Crippen LogP contribution is 2.30. The Balaban J connectivity index is 2.76. The smallest absolute Gasteiger partial charge is 0.377 e. The van der Waals surface area contributed by atoms with Gasteiger partial charge in [-0.2, -0.15) is 18.3 Å². The standard InChI is InChI=1S/C9H10F3N3S/c10-9(11,12)7-3-1-2-6(4-7)5-16-8(13)15-14/h1-4H,5,14H2,(H2,13,15). The summed E-state index contributed by atoms with van der Waals surface area (Å²) in [4.78, 5) is 0. The van der Waals surface area contributed by atoms with Gasteiger partial charge in [-0.15, -0.1) is 0 Å². The van der Waals surface area contributed by atoms with Crippen molar-refractivity contribution in [3.8, 4) is 0 Å². The predicted octanol–water partition coefficient (Wildman–Crippen LogP) is 2.13. The Hall–Kier alpha value is -1.37. The highest BCUT2D eigenvalue weighted by Gasteiger charge is 2.30. The molecule has 0 aliphatic carbocycles. The minimum absolute atomic E-state index is 0.136. The van der Waals surface area contributed by atoms with Crippen LogP contribution in [0.5, 0.6) is 0 Å². The highest BCUT2D eigenvalue weighted by atomic mass is 32.2. The zero-order chi connectivity index (χ0) is 12.2. The minimum Gasteiger partial charge on any atom is -0.377 e. The van der Waals surface area contributed by atoms with Gasteiger partial charge in [-0.3, -0.25) is 0 Å². The van der Waals surface area contributed by atoms with Crippen molar-refractivity contribution in [3.05, 3.63) is 35.4 Å². The van der Waals surface area contributed by atoms with Gasteiger partial charge in [0, 0.05) is 5.75 Å². The number of nitrogens with zero attached hydrogens (tertiary/aromatic N) is 1. The average molecular weight is 249 g/mol. The highest BCUT2D eigenvalue weighted by molar-refractivity contribution is 8.13. The van der Waals surface area contributed by atoms with E-state index in [4.69, 9.17) is 11.6 Å². The van der Waals surface area contributed by atoms with E-state index in [1.807, 2.05) is 0 Å². The maximum absolute atomic E-state index is 12.4. The second-order valence-corrected chi connectivity index (χ2v) is 3.95. The average Bonchev–Trinajstić information content (AvgIpc) is 2.25. The van der Waals surface area contributed by atoms with E-state index in [9.17, 15) is 13.2 Å². The molecule has 0 heterocycles. The summed E-state index contributed by atoms with van der Waals surface area (Å²) in [6, 6.07) is 5.05. The second-order valence-electron chi connectivity index (χ2n) is 2.95. The predicted molar refractivity (Wildman–Crippen MR) is 58.5 cm³/mol. The largest absolute Gasteiger partial charge is 0.416 e. The van der Waals surface area contributed by atoms with Gasteiger partial charge < -0.3 is 11.6 Å². The molecule has 3 nitrogen and oxygen atoms in total. The van der Waals surface area contributed by atoms with Crippen molar-refractivity contribution < 1.29 is 13.2 Å². The van der Waals surface area contributed by atoms with Crippen LogP contribution in [0.25, 0.3) is 0 Å². The summed E-state index contributed by atoms with van der Waals surface area (Å²) in [6.07, 6.45) is -4.33. The number of halogens is 3. The normalized spacial score (nSPS) is 12.8. The molecule has 0 aromatic heterocycles. The molecule has 0 spiro atoms. The molecule has 0 bridgehead atoms. The van der Waals surface area contributed by atoms with Crippen LogP contribution in [0.1, 0.15) is 11.1 Å². The SMILES string of the molecule is NN=C(N)SCc1cccc(C(F)(F)F)c1. The summed E-state index contributed by atoms with van der Waals surface area (Å²) in [5.74, 6) is 5.20. The molecule has 16 heavy (non-hydrogen) atoms. The van der Waals surface area contributed by atoms with Crippen molar-refractivity contribution in [2.75, 3.05) is 0 Å². The molecule has 0 aliphatic heterocycles. The number of hydrogen-bond donors (Lipinski definition) is 2. The molecule has 0 amide bonds. The van der Waals surface area contributed by atoms with Gasteiger partial charge in [-0.05, 0) is 11.6 Å². The zero-order valence-electron chi connectivity index (χ0n) is 8.16. The molecule has 0 radical (unpaired) electrons. The van der Waals surface area contributed by atoms with Crippen LogP contribution in [0.4, 0.5) is 13.2 Å². The third kappa shape index (κ3) is 3.65. The van der Waals surface area contributed by atoms with Gasteiger partial charge in [-0.25, -0.2) is 0 Å². The molecule has 0 fully saturated rings. The first-order chi connectivity index (χ1) is 7.43. The van der Waals surface area contributed by atoms with E-state index in [0.717, 1.165) is 23.9 Å². The number of thioether (sulfide) groups is 1. The number of nitrogens with two attached hydrogens (primary N) is 2. The first-order valence-electron chi connectivity index (χ1n) is 4.26. The fourth-order valence-corrected chi connectivity index (χ4v) is 1.60. The molecule has 0 saturated carbocycles. The molecule has 0 atom stereocenters. The number of benzene rings is 1. The van der Waals surface area contributed by atoms with Crippen molar-refractivity contribution in [2.45, 2.75) is 11.9 Å². The summed E-state index contributed by atoms with van der Waals surface area (Å²) in [5, 5.41) is 3.35. The molecule has 88 valence electrons. The van der Waals surface area contributed by atoms with Crippen LogP contribution in [0.3, 0.4) is 0 Å². The van der Waals surface area contributed by atoms with Gasteiger partial charge in [0.1, 0.15) is 0 Å². The van der Waals surface area contributed by atoms with E-state index >= 15 is 0 Å². The maximum Gasteiger partial charge on any atom is 0.416 e. The molecule has 0 aliphatic rings. The third-order valence-electron chi connectivity index (χ3n) is 1.77. The van der Waals surface area contributed by atoms with Gasteiger partial charge in [-0.1, -0.05) is 30.0 Å². The van der Waals surface area contributed by atoms with Gasteiger partial charge in [0.25, 0.3) is 0 Å². The van der Waals surface area contributed by atoms with Crippen LogP contribution < -0.4 is 11.6 Å². The van der Waals surface area contributed by atoms with E-state index in [0.29, 0.717) is 11.3 Å². The lowest BCUT2D eigenvalue weighted by Gasteiger charge is -2.08. The number of amidine groups is 1. The summed E-state index contributed by atoms with van der Waals surface area (Å²) < 4.78 is 37.1. The molecular formula is C9H10F3N3S. The van der Waals surface area contributed by atoms with Gasteiger partial charge in [0.05, 0.1) is 5.56 Å². The van der Waals surface area contributed by atoms with Crippen molar-refractivity contribution in [1.82, 2.24) is 0 Å². The van der Waals surface area contributed by atoms with Crippen LogP contribution in [0.2, 0.25) is 0 Å². The molecule has 0 saturated heterocycles. The summed E-state index contributed by atoms with van der Waals surface area (Å²) in [6.45, 7) is 0. The van der Waals surface area contributed by atoms with E-state index in [1.165, 1.54) is 6.07 Å². The summed E-state index contributed by atoms with van der Waals surface area (Å²) in [7, 11) is 0. The lowest BCUT2D eigenvalue weighted by atomic mass is 10.1. The summed E-state index contributed by atoms with van der Waals surface area (Å²) in [5.41, 5.74) is 5.16. The van der Waals surface area contributed by atoms with Gasteiger partial charge in [0.15, 0.2) is 5.17 Å². The van der Waals surface area contributed by atoms with E-state index < -0.39 is 11.7 Å². The molecule has 1 rings (SSSR count). The number of hydrazone groups is 1. The number of alkyl halides is 3. The molecule has 1 aromatic carbocycles. The number of hydrogen-bond acceptors (Lipinski definition) is 3. The van der Waals surface area contributed by atoms with Crippen LogP contribution >= 0.6 is 11.8 Å². The molecule has 0 unspecified atom stereocenters. The van der Waals surface area contributed by atoms with E-state index in [2.05, 4.69) is 5.10 Å². The molecule has 1 aromatic rings. The lowest BCUT2D eigenvalue weighted by molar-refractivity contribution is -0.137. The van der Waals surface area contributed by atoms with Gasteiger partial charge in [0.2, 0.25) is 0 Å². The monoisotopic (exact) mass is 249 g/mol. The Morgan fingerprint density at radius 1 is 1.38 bits per heavy atom. The molecule has 4 N–H and O–H groups in total. The topological polar surface area (TPSA) is 64.4 Å². The second kappa shape index (κ2) is 5.11. The van der Waals surface area contributed by atoms with Crippen molar-refractivity contribution in [1.29, 1.82) is 0 Å². The fourth-order valence-electron chi connectivity index (χ4n) is 1.03. The van der Waals surface area contributed by atoms with E-state index in [-0.39, 0.29) is 5.17 Å². The molecule has 7 heteroatoms.